The van der Waals surface area contributed by atoms with E-state index in [0.29, 0.717) is 4.68 Å². The molecule has 0 aliphatic carbocycles. The van der Waals surface area contributed by atoms with E-state index in [2.05, 4.69) is 30.6 Å². The third kappa shape index (κ3) is 4.39. The zero-order chi connectivity index (χ0) is 25.2. The highest BCUT2D eigenvalue weighted by atomic mass is 16.4. The number of carbonyl (C=O) groups is 4. The molecular weight excluding hydrogens is 462 g/mol. The Morgan fingerprint density at radius 2 is 1.18 bits per heavy atom. The summed E-state index contributed by atoms with van der Waals surface area (Å²) in [6.07, 6.45) is 2.11. The van der Waals surface area contributed by atoms with Crippen LogP contribution in [0.4, 0.5) is 0 Å². The number of nitrogens with two attached hydrogens (primary N) is 3. The molecule has 20 nitrogen and oxygen atoms in total. The molecule has 0 spiro atoms. The first kappa shape index (κ1) is 23.1. The van der Waals surface area contributed by atoms with Gasteiger partial charge in [0.15, 0.2) is 22.7 Å². The Hall–Kier alpha value is -5.56. The molecule has 0 saturated carbocycles. The van der Waals surface area contributed by atoms with E-state index in [1.807, 2.05) is 0 Å². The fraction of sp³-hybridized carbons (Fsp3) is 0.143. The lowest BCUT2D eigenvalue weighted by atomic mass is 10.4. The van der Waals surface area contributed by atoms with Crippen molar-refractivity contribution in [2.75, 3.05) is 0 Å². The second-order valence-electron chi connectivity index (χ2n) is 6.22. The van der Waals surface area contributed by atoms with Crippen LogP contribution < -0.4 is 28.6 Å². The Morgan fingerprint density at radius 3 is 1.53 bits per heavy atom. The minimum Gasteiger partial charge on any atom is -0.480 e. The van der Waals surface area contributed by atoms with E-state index in [0.717, 1.165) is 26.1 Å². The molecule has 3 amide bonds. The fourth-order valence-electron chi connectivity index (χ4n) is 2.49. The number of carboxylic acid groups (broad SMARTS) is 1. The van der Waals surface area contributed by atoms with E-state index in [9.17, 15) is 28.8 Å². The van der Waals surface area contributed by atoms with Crippen molar-refractivity contribution in [2.24, 2.45) is 17.2 Å². The maximum absolute atomic E-state index is 11.7. The maximum atomic E-state index is 11.7. The van der Waals surface area contributed by atoms with Crippen LogP contribution in [0.25, 0.3) is 11.3 Å². The quantitative estimate of drug-likeness (QED) is 0.202. The van der Waals surface area contributed by atoms with Crippen LogP contribution in [0.3, 0.4) is 0 Å². The number of hydrogen-bond donors (Lipinski definition) is 4. The third-order valence-corrected chi connectivity index (χ3v) is 3.89. The lowest BCUT2D eigenvalue weighted by molar-refractivity contribution is -0.138. The summed E-state index contributed by atoms with van der Waals surface area (Å²) < 4.78 is 3.23. The molecule has 0 bridgehead atoms. The predicted molar refractivity (Wildman–Crippen MR) is 104 cm³/mol. The number of aromatic nitrogens is 10. The highest BCUT2D eigenvalue weighted by Crippen LogP contribution is 2.01. The SMILES string of the molecule is NC(=O)Cn1nnc2c(C(N)=O)ncn2c1=O.NC(=O)c1ncn2c(=O)n(CC(=O)O)nnc12. The van der Waals surface area contributed by atoms with E-state index in [-0.39, 0.29) is 22.7 Å². The van der Waals surface area contributed by atoms with Crippen LogP contribution in [0.5, 0.6) is 0 Å². The summed E-state index contributed by atoms with van der Waals surface area (Å²) in [5, 5.41) is 22.5. The number of aliphatic carboxylic acids is 1. The largest absolute Gasteiger partial charge is 0.480 e. The van der Waals surface area contributed by atoms with Gasteiger partial charge < -0.3 is 22.3 Å². The first-order chi connectivity index (χ1) is 16.0. The van der Waals surface area contributed by atoms with Crippen LogP contribution in [0.1, 0.15) is 21.0 Å². The van der Waals surface area contributed by atoms with Gasteiger partial charge in [0, 0.05) is 0 Å². The van der Waals surface area contributed by atoms with Crippen molar-refractivity contribution in [1.29, 1.82) is 0 Å². The summed E-state index contributed by atoms with van der Waals surface area (Å²) >= 11 is 0. The van der Waals surface area contributed by atoms with E-state index in [1.54, 1.807) is 0 Å². The normalized spacial score (nSPS) is 10.6. The van der Waals surface area contributed by atoms with Gasteiger partial charge >= 0.3 is 17.3 Å². The average molecular weight is 475 g/mol. The van der Waals surface area contributed by atoms with Crippen LogP contribution in [0.2, 0.25) is 0 Å². The number of nitrogens with zero attached hydrogens (tertiary/aromatic N) is 10. The highest BCUT2D eigenvalue weighted by molar-refractivity contribution is 5.97. The van der Waals surface area contributed by atoms with Crippen molar-refractivity contribution in [3.63, 3.8) is 0 Å². The average Bonchev–Trinajstić information content (AvgIpc) is 3.37. The van der Waals surface area contributed by atoms with Crippen molar-refractivity contribution < 1.29 is 24.3 Å². The number of fused-ring (bicyclic) bond motifs is 2. The zero-order valence-corrected chi connectivity index (χ0v) is 16.7. The zero-order valence-electron chi connectivity index (χ0n) is 16.7. The first-order valence-corrected chi connectivity index (χ1v) is 8.72. The smallest absolute Gasteiger partial charge is 0.353 e. The number of amides is 3. The van der Waals surface area contributed by atoms with Crippen molar-refractivity contribution in [2.45, 2.75) is 13.1 Å². The number of rotatable bonds is 6. The van der Waals surface area contributed by atoms with Gasteiger partial charge in [0.2, 0.25) is 5.91 Å². The first-order valence-electron chi connectivity index (χ1n) is 8.72. The standard InChI is InChI=1S/C7H7N7O3.C7H6N6O4/c8-3(15)1-14-7(17)13-2-10-4(5(9)16)6(13)11-12-14;8-5(16)4-6-10-11-13(1-3(14)15)7(17)12(6)2-9-4/h2H,1H2,(H2,8,15)(H2,9,16);2H,1H2,(H2,8,16)(H,14,15). The molecule has 4 rings (SSSR count). The van der Waals surface area contributed by atoms with Crippen LogP contribution in [0, 0.1) is 0 Å². The highest BCUT2D eigenvalue weighted by Gasteiger charge is 2.16. The van der Waals surface area contributed by atoms with Crippen LogP contribution >= 0.6 is 0 Å². The lowest BCUT2D eigenvalue weighted by Crippen LogP contribution is -2.34. The summed E-state index contributed by atoms with van der Waals surface area (Å²) in [5.74, 6) is -3.65. The molecule has 0 saturated heterocycles. The molecule has 0 aliphatic heterocycles. The van der Waals surface area contributed by atoms with E-state index < -0.39 is 48.2 Å². The minimum atomic E-state index is -1.24. The van der Waals surface area contributed by atoms with Gasteiger partial charge in [-0.25, -0.2) is 28.4 Å². The van der Waals surface area contributed by atoms with Gasteiger partial charge in [-0.15, -0.1) is 10.2 Å². The number of hydrogen-bond acceptors (Lipinski definition) is 12. The maximum Gasteiger partial charge on any atom is 0.353 e. The topological polar surface area (TPSA) is 297 Å². The van der Waals surface area contributed by atoms with Crippen LogP contribution in [0.15, 0.2) is 22.2 Å². The molecule has 4 heterocycles. The van der Waals surface area contributed by atoms with Crippen LogP contribution in [-0.4, -0.2) is 77.6 Å². The Bertz CT molecular complexity index is 1460. The molecule has 0 atom stereocenters. The van der Waals surface area contributed by atoms with E-state index in [4.69, 9.17) is 22.3 Å². The summed E-state index contributed by atoms with van der Waals surface area (Å²) in [4.78, 5) is 73.6. The molecule has 0 unspecified atom stereocenters. The number of primary amides is 3. The van der Waals surface area contributed by atoms with Crippen molar-refractivity contribution >= 4 is 35.0 Å². The molecule has 20 heteroatoms. The Labute approximate surface area is 184 Å². The molecule has 0 aliphatic rings. The molecule has 0 aromatic carbocycles. The summed E-state index contributed by atoms with van der Waals surface area (Å²) in [5.41, 5.74) is 13.0. The fourth-order valence-corrected chi connectivity index (χ4v) is 2.49. The van der Waals surface area contributed by atoms with Gasteiger partial charge in [0.05, 0.1) is 0 Å². The Kier molecular flexibility index (Phi) is 6.05. The molecule has 34 heavy (non-hydrogen) atoms. The van der Waals surface area contributed by atoms with Crippen LogP contribution in [-0.2, 0) is 22.7 Å². The Morgan fingerprint density at radius 1 is 0.765 bits per heavy atom. The summed E-state index contributed by atoms with van der Waals surface area (Å²) in [7, 11) is 0. The molecule has 0 radical (unpaired) electrons. The third-order valence-electron chi connectivity index (χ3n) is 3.89. The van der Waals surface area contributed by atoms with Gasteiger partial charge in [-0.2, -0.15) is 9.36 Å². The minimum absolute atomic E-state index is 0.0665. The molecule has 176 valence electrons. The number of carboxylic acids is 1. The van der Waals surface area contributed by atoms with Gasteiger partial charge in [-0.05, 0) is 0 Å². The second-order valence-corrected chi connectivity index (χ2v) is 6.22. The van der Waals surface area contributed by atoms with E-state index in [1.165, 1.54) is 0 Å². The molecule has 7 N–H and O–H groups in total. The predicted octanol–water partition coefficient (Wildman–Crippen LogP) is -5.66. The number of imidazole rings is 2. The summed E-state index contributed by atoms with van der Waals surface area (Å²) in [6, 6.07) is 0. The van der Waals surface area contributed by atoms with Gasteiger partial charge in [-0.1, -0.05) is 10.4 Å². The van der Waals surface area contributed by atoms with Crippen molar-refractivity contribution in [3.8, 4) is 0 Å². The van der Waals surface area contributed by atoms with Gasteiger partial charge in [-0.3, -0.25) is 19.2 Å². The monoisotopic (exact) mass is 475 g/mol. The van der Waals surface area contributed by atoms with E-state index >= 15 is 0 Å². The molecule has 0 fully saturated rings. The number of carbonyl (C=O) groups excluding carboxylic acids is 3. The molecular formula is C14H13N13O7. The Balaban J connectivity index is 0.000000191. The lowest BCUT2D eigenvalue weighted by Gasteiger charge is -2.00. The van der Waals surface area contributed by atoms with Crippen molar-refractivity contribution in [3.05, 3.63) is 45.0 Å². The van der Waals surface area contributed by atoms with Gasteiger partial charge in [0.1, 0.15) is 25.7 Å². The molecule has 4 aromatic heterocycles. The van der Waals surface area contributed by atoms with Gasteiger partial charge in [0.25, 0.3) is 11.8 Å². The van der Waals surface area contributed by atoms with Crippen molar-refractivity contribution in [1.82, 2.24) is 48.8 Å². The second kappa shape index (κ2) is 8.89. The summed E-state index contributed by atoms with van der Waals surface area (Å²) in [6.45, 7) is -1.04. The molecule has 4 aromatic rings.